The molecule has 1 heterocycles. The Labute approximate surface area is 130 Å². The molecule has 1 aliphatic heterocycles. The van der Waals surface area contributed by atoms with Gasteiger partial charge in [-0.25, -0.2) is 8.42 Å². The van der Waals surface area contributed by atoms with Crippen molar-refractivity contribution in [2.75, 3.05) is 17.2 Å². The lowest BCUT2D eigenvalue weighted by molar-refractivity contribution is -0.383. The molecule has 1 atom stereocenters. The van der Waals surface area contributed by atoms with Crippen molar-refractivity contribution in [3.8, 4) is 0 Å². The Kier molecular flexibility index (Phi) is 4.40. The Morgan fingerprint density at radius 1 is 1.43 bits per heavy atom. The van der Waals surface area contributed by atoms with Crippen molar-refractivity contribution >= 4 is 48.6 Å². The number of halogens is 2. The standard InChI is InChI=1S/C11H10Cl2N2O5S/c12-8-2-1-3-9(11(8)15(17)18)14-5-7(4-10(14)16)6-21(13,19)20/h1-3,7H,4-6H2. The van der Waals surface area contributed by atoms with Gasteiger partial charge in [0.05, 0.1) is 10.7 Å². The highest BCUT2D eigenvalue weighted by Gasteiger charge is 2.36. The maximum absolute atomic E-state index is 12.0. The summed E-state index contributed by atoms with van der Waals surface area (Å²) in [6, 6.07) is 4.24. The van der Waals surface area contributed by atoms with Crippen LogP contribution >= 0.6 is 22.3 Å². The molecule has 0 spiro atoms. The summed E-state index contributed by atoms with van der Waals surface area (Å²) in [5, 5.41) is 11.0. The van der Waals surface area contributed by atoms with E-state index < -0.39 is 25.8 Å². The number of carbonyl (C=O) groups is 1. The van der Waals surface area contributed by atoms with E-state index in [1.807, 2.05) is 0 Å². The number of amides is 1. The van der Waals surface area contributed by atoms with Crippen LogP contribution in [0.1, 0.15) is 6.42 Å². The van der Waals surface area contributed by atoms with Gasteiger partial charge >= 0.3 is 5.69 Å². The summed E-state index contributed by atoms with van der Waals surface area (Å²) in [6.45, 7) is 0.0476. The number of carbonyl (C=O) groups excluding carboxylic acids is 1. The van der Waals surface area contributed by atoms with Gasteiger partial charge in [0.1, 0.15) is 10.7 Å². The fourth-order valence-corrected chi connectivity index (χ4v) is 3.87. The van der Waals surface area contributed by atoms with E-state index in [0.29, 0.717) is 0 Å². The van der Waals surface area contributed by atoms with E-state index in [4.69, 9.17) is 22.3 Å². The zero-order valence-corrected chi connectivity index (χ0v) is 12.9. The first-order valence-electron chi connectivity index (χ1n) is 5.84. The molecule has 1 saturated heterocycles. The predicted octanol–water partition coefficient (Wildman–Crippen LogP) is 2.17. The summed E-state index contributed by atoms with van der Waals surface area (Å²) in [5.74, 6) is -1.25. The first-order chi connectivity index (χ1) is 9.69. The second-order valence-electron chi connectivity index (χ2n) is 4.64. The Bertz CT molecular complexity index is 707. The van der Waals surface area contributed by atoms with Crippen LogP contribution in [0.15, 0.2) is 18.2 Å². The number of nitrogens with zero attached hydrogens (tertiary/aromatic N) is 2. The SMILES string of the molecule is O=C1CC(CS(=O)(=O)Cl)CN1c1cccc(Cl)c1[N+](=O)[O-]. The molecule has 2 rings (SSSR count). The minimum Gasteiger partial charge on any atom is -0.306 e. The van der Waals surface area contributed by atoms with Crippen molar-refractivity contribution in [3.05, 3.63) is 33.3 Å². The highest BCUT2D eigenvalue weighted by molar-refractivity contribution is 8.13. The first kappa shape index (κ1) is 16.0. The number of hydrogen-bond acceptors (Lipinski definition) is 5. The largest absolute Gasteiger partial charge is 0.311 e. The van der Waals surface area contributed by atoms with E-state index in [-0.39, 0.29) is 35.1 Å². The second kappa shape index (κ2) is 5.78. The number of hydrogen-bond donors (Lipinski definition) is 0. The van der Waals surface area contributed by atoms with Gasteiger partial charge in [0.2, 0.25) is 15.0 Å². The molecular weight excluding hydrogens is 343 g/mol. The molecule has 0 N–H and O–H groups in total. The summed E-state index contributed by atoms with van der Waals surface area (Å²) in [5.41, 5.74) is -0.311. The van der Waals surface area contributed by atoms with Crippen molar-refractivity contribution in [1.82, 2.24) is 0 Å². The van der Waals surface area contributed by atoms with E-state index in [0.717, 1.165) is 0 Å². The number of benzene rings is 1. The second-order valence-corrected chi connectivity index (χ2v) is 7.87. The molecule has 1 amide bonds. The predicted molar refractivity (Wildman–Crippen MR) is 78.2 cm³/mol. The first-order valence-corrected chi connectivity index (χ1v) is 8.70. The zero-order chi connectivity index (χ0) is 15.8. The quantitative estimate of drug-likeness (QED) is 0.469. The monoisotopic (exact) mass is 352 g/mol. The Morgan fingerprint density at radius 3 is 2.67 bits per heavy atom. The Balaban J connectivity index is 2.34. The smallest absolute Gasteiger partial charge is 0.306 e. The fourth-order valence-electron chi connectivity index (χ4n) is 2.31. The number of nitro groups is 1. The molecule has 0 radical (unpaired) electrons. The van der Waals surface area contributed by atoms with Gasteiger partial charge in [-0.1, -0.05) is 17.7 Å². The minimum atomic E-state index is -3.74. The number of anilines is 1. The maximum atomic E-state index is 12.0. The average molecular weight is 353 g/mol. The molecule has 0 aromatic heterocycles. The van der Waals surface area contributed by atoms with Crippen molar-refractivity contribution in [1.29, 1.82) is 0 Å². The maximum Gasteiger partial charge on any atom is 0.311 e. The van der Waals surface area contributed by atoms with Crippen LogP contribution in [0.3, 0.4) is 0 Å². The van der Waals surface area contributed by atoms with Crippen LogP contribution in [0.25, 0.3) is 0 Å². The average Bonchev–Trinajstić information content (AvgIpc) is 2.66. The molecule has 7 nitrogen and oxygen atoms in total. The van der Waals surface area contributed by atoms with E-state index in [9.17, 15) is 23.3 Å². The highest BCUT2D eigenvalue weighted by Crippen LogP contribution is 2.38. The van der Waals surface area contributed by atoms with Crippen LogP contribution < -0.4 is 4.90 Å². The van der Waals surface area contributed by atoms with Gasteiger partial charge in [0, 0.05) is 29.6 Å². The lowest BCUT2D eigenvalue weighted by Gasteiger charge is -2.16. The van der Waals surface area contributed by atoms with Crippen molar-refractivity contribution in [2.24, 2.45) is 5.92 Å². The van der Waals surface area contributed by atoms with Gasteiger partial charge in [-0.2, -0.15) is 0 Å². The summed E-state index contributed by atoms with van der Waals surface area (Å²) >= 11 is 5.80. The van der Waals surface area contributed by atoms with Gasteiger partial charge in [0.25, 0.3) is 0 Å². The summed E-state index contributed by atoms with van der Waals surface area (Å²) < 4.78 is 22.1. The molecule has 21 heavy (non-hydrogen) atoms. The molecule has 1 aromatic rings. The molecule has 1 fully saturated rings. The molecule has 1 unspecified atom stereocenters. The third-order valence-electron chi connectivity index (χ3n) is 3.08. The molecule has 0 aliphatic carbocycles. The van der Waals surface area contributed by atoms with E-state index in [1.165, 1.54) is 23.1 Å². The molecule has 0 saturated carbocycles. The third kappa shape index (κ3) is 3.63. The van der Waals surface area contributed by atoms with Gasteiger partial charge in [-0.3, -0.25) is 14.9 Å². The molecule has 10 heteroatoms. The van der Waals surface area contributed by atoms with Crippen LogP contribution in [-0.2, 0) is 13.8 Å². The number of para-hydroxylation sites is 1. The third-order valence-corrected chi connectivity index (χ3v) is 4.63. The van der Waals surface area contributed by atoms with E-state index in [2.05, 4.69) is 0 Å². The van der Waals surface area contributed by atoms with E-state index in [1.54, 1.807) is 0 Å². The molecule has 1 aromatic carbocycles. The molecular formula is C11H10Cl2N2O5S. The van der Waals surface area contributed by atoms with Crippen LogP contribution in [-0.4, -0.2) is 31.5 Å². The molecule has 114 valence electrons. The number of rotatable bonds is 4. The lowest BCUT2D eigenvalue weighted by Crippen LogP contribution is -2.26. The summed E-state index contributed by atoms with van der Waals surface area (Å²) in [6.07, 6.45) is -0.0321. The van der Waals surface area contributed by atoms with Gasteiger partial charge in [-0.05, 0) is 12.1 Å². The topological polar surface area (TPSA) is 97.6 Å². The van der Waals surface area contributed by atoms with Crippen molar-refractivity contribution < 1.29 is 18.1 Å². The normalized spacial score (nSPS) is 19.0. The van der Waals surface area contributed by atoms with Gasteiger partial charge < -0.3 is 4.90 Å². The Hall–Kier alpha value is -1.38. The summed E-state index contributed by atoms with van der Waals surface area (Å²) in [7, 11) is 1.44. The highest BCUT2D eigenvalue weighted by atomic mass is 35.7. The van der Waals surface area contributed by atoms with Crippen LogP contribution in [0, 0.1) is 16.0 Å². The van der Waals surface area contributed by atoms with Gasteiger partial charge in [-0.15, -0.1) is 0 Å². The minimum absolute atomic E-state index is 0.0321. The van der Waals surface area contributed by atoms with Crippen LogP contribution in [0.2, 0.25) is 5.02 Å². The zero-order valence-electron chi connectivity index (χ0n) is 10.5. The summed E-state index contributed by atoms with van der Waals surface area (Å²) in [4.78, 5) is 23.6. The molecule has 1 aliphatic rings. The van der Waals surface area contributed by atoms with Crippen LogP contribution in [0.5, 0.6) is 0 Å². The van der Waals surface area contributed by atoms with Gasteiger partial charge in [0.15, 0.2) is 0 Å². The number of nitro benzene ring substituents is 1. The van der Waals surface area contributed by atoms with Crippen LogP contribution in [0.4, 0.5) is 11.4 Å². The van der Waals surface area contributed by atoms with E-state index >= 15 is 0 Å². The Morgan fingerprint density at radius 2 is 2.10 bits per heavy atom. The van der Waals surface area contributed by atoms with Crippen molar-refractivity contribution in [2.45, 2.75) is 6.42 Å². The molecule has 0 bridgehead atoms. The fraction of sp³-hybridized carbons (Fsp3) is 0.364. The lowest BCUT2D eigenvalue weighted by atomic mass is 10.1. The van der Waals surface area contributed by atoms with Crippen molar-refractivity contribution in [3.63, 3.8) is 0 Å².